The third kappa shape index (κ3) is 11.3. The van der Waals surface area contributed by atoms with Gasteiger partial charge < -0.3 is 30.7 Å². The summed E-state index contributed by atoms with van der Waals surface area (Å²) in [5.74, 6) is -3.47. The third-order valence-corrected chi connectivity index (χ3v) is 7.88. The van der Waals surface area contributed by atoms with E-state index in [4.69, 9.17) is 9.47 Å². The smallest absolute Gasteiger partial charge is 0.343 e. The molecule has 14 heteroatoms. The minimum absolute atomic E-state index is 0.00589. The van der Waals surface area contributed by atoms with Crippen LogP contribution >= 0.6 is 11.8 Å². The lowest BCUT2D eigenvalue weighted by Crippen LogP contribution is -2.54. The van der Waals surface area contributed by atoms with E-state index in [0.717, 1.165) is 17.3 Å². The van der Waals surface area contributed by atoms with Crippen molar-refractivity contribution >= 4 is 47.2 Å². The van der Waals surface area contributed by atoms with Crippen molar-refractivity contribution in [2.75, 3.05) is 25.3 Å². The predicted molar refractivity (Wildman–Crippen MR) is 192 cm³/mol. The Balaban J connectivity index is 1.67. The number of carbonyl (C=O) groups is 5. The van der Waals surface area contributed by atoms with Crippen LogP contribution in [-0.2, 0) is 36.7 Å². The zero-order valence-corrected chi connectivity index (χ0v) is 29.1. The second kappa shape index (κ2) is 19.2. The maximum Gasteiger partial charge on any atom is 0.343 e. The Bertz CT molecular complexity index is 1840. The highest BCUT2D eigenvalue weighted by Gasteiger charge is 2.29. The standard InChI is InChI=1S/C37H38N6O7S/c1-4-50-35(47)27-22-39-37(51-3)43-31(27)38-23-30(42-32(44)26-18-12-7-13-19-26)34(46)40-28(20-24-14-8-5-9-15-24)33(45)41-29(36(48)49-2)21-25-16-10-6-11-17-25/h5-19,22-23,28-29H,4,20-21H2,1-3H3,(H,40,46)(H,41,45)(H,42,44)(H,38,39,43)/b30-23-/t28-,29-/m0/s1. The quantitative estimate of drug-likeness (QED) is 0.0577. The molecule has 4 rings (SSSR count). The summed E-state index contributed by atoms with van der Waals surface area (Å²) in [6, 6.07) is 24.0. The van der Waals surface area contributed by atoms with Crippen molar-refractivity contribution in [1.82, 2.24) is 25.9 Å². The number of anilines is 1. The van der Waals surface area contributed by atoms with Crippen LogP contribution in [0.4, 0.5) is 5.82 Å². The molecule has 1 heterocycles. The van der Waals surface area contributed by atoms with Gasteiger partial charge in [-0.2, -0.15) is 0 Å². The maximum atomic E-state index is 14.0. The van der Waals surface area contributed by atoms with E-state index in [1.165, 1.54) is 25.1 Å². The summed E-state index contributed by atoms with van der Waals surface area (Å²) in [4.78, 5) is 75.1. The summed E-state index contributed by atoms with van der Waals surface area (Å²) in [6.07, 6.45) is 4.40. The lowest BCUT2D eigenvalue weighted by atomic mass is 10.0. The van der Waals surface area contributed by atoms with Crippen LogP contribution in [-0.4, -0.2) is 71.7 Å². The van der Waals surface area contributed by atoms with Gasteiger partial charge in [-0.1, -0.05) is 90.6 Å². The van der Waals surface area contributed by atoms with Gasteiger partial charge in [0.1, 0.15) is 29.2 Å². The minimum Gasteiger partial charge on any atom is -0.467 e. The van der Waals surface area contributed by atoms with Crippen molar-refractivity contribution in [1.29, 1.82) is 0 Å². The molecular formula is C37H38N6O7S. The SMILES string of the molecule is CCOC(=O)c1cnc(SC)nc1N/C=C(\NC(=O)c1ccccc1)C(=O)N[C@@H](Cc1ccccc1)C(=O)N[C@@H](Cc1ccccc1)C(=O)OC. The van der Waals surface area contributed by atoms with E-state index >= 15 is 0 Å². The number of nitrogens with zero attached hydrogens (tertiary/aromatic N) is 2. The Hall–Kier alpha value is -6.02. The Morgan fingerprint density at radius 1 is 0.824 bits per heavy atom. The summed E-state index contributed by atoms with van der Waals surface area (Å²) >= 11 is 1.22. The fourth-order valence-corrected chi connectivity index (χ4v) is 5.11. The van der Waals surface area contributed by atoms with Crippen molar-refractivity contribution < 1.29 is 33.4 Å². The van der Waals surface area contributed by atoms with E-state index < -0.39 is 41.7 Å². The minimum atomic E-state index is -1.21. The molecule has 0 saturated heterocycles. The van der Waals surface area contributed by atoms with Gasteiger partial charge in [-0.15, -0.1) is 0 Å². The topological polar surface area (TPSA) is 178 Å². The number of carbonyl (C=O) groups excluding carboxylic acids is 5. The Morgan fingerprint density at radius 3 is 1.98 bits per heavy atom. The fourth-order valence-electron chi connectivity index (χ4n) is 4.77. The number of nitrogens with one attached hydrogen (secondary N) is 4. The van der Waals surface area contributed by atoms with Gasteiger partial charge in [0, 0.05) is 30.8 Å². The monoisotopic (exact) mass is 710 g/mol. The molecule has 0 bridgehead atoms. The van der Waals surface area contributed by atoms with Crippen molar-refractivity contribution in [3.8, 4) is 0 Å². The second-order valence-corrected chi connectivity index (χ2v) is 11.6. The molecule has 0 aliphatic rings. The summed E-state index contributed by atoms with van der Waals surface area (Å²) in [5.41, 5.74) is 1.46. The Morgan fingerprint density at radius 2 is 1.41 bits per heavy atom. The van der Waals surface area contributed by atoms with Crippen LogP contribution in [0.1, 0.15) is 38.8 Å². The molecule has 4 N–H and O–H groups in total. The first-order chi connectivity index (χ1) is 24.7. The number of benzene rings is 3. The van der Waals surface area contributed by atoms with E-state index in [0.29, 0.717) is 5.16 Å². The predicted octanol–water partition coefficient (Wildman–Crippen LogP) is 3.69. The number of amides is 3. The van der Waals surface area contributed by atoms with Crippen molar-refractivity contribution in [2.45, 2.75) is 37.0 Å². The normalized spacial score (nSPS) is 12.1. The van der Waals surface area contributed by atoms with Crippen LogP contribution in [0.3, 0.4) is 0 Å². The molecule has 0 aliphatic heterocycles. The first-order valence-electron chi connectivity index (χ1n) is 15.9. The van der Waals surface area contributed by atoms with Crippen LogP contribution in [0.15, 0.2) is 114 Å². The summed E-state index contributed by atoms with van der Waals surface area (Å²) in [7, 11) is 1.22. The molecule has 0 radical (unpaired) electrons. The highest BCUT2D eigenvalue weighted by molar-refractivity contribution is 7.98. The number of hydrogen-bond acceptors (Lipinski definition) is 11. The van der Waals surface area contributed by atoms with Gasteiger partial charge in [0.2, 0.25) is 5.91 Å². The van der Waals surface area contributed by atoms with E-state index in [-0.39, 0.29) is 42.1 Å². The van der Waals surface area contributed by atoms with Crippen LogP contribution in [0.2, 0.25) is 0 Å². The second-order valence-electron chi connectivity index (χ2n) is 10.9. The molecule has 3 aromatic carbocycles. The summed E-state index contributed by atoms with van der Waals surface area (Å²) in [6.45, 7) is 1.76. The zero-order chi connectivity index (χ0) is 36.6. The summed E-state index contributed by atoms with van der Waals surface area (Å²) < 4.78 is 10.1. The lowest BCUT2D eigenvalue weighted by molar-refractivity contribution is -0.145. The van der Waals surface area contributed by atoms with Gasteiger partial charge in [0.25, 0.3) is 11.8 Å². The average Bonchev–Trinajstić information content (AvgIpc) is 3.16. The molecule has 13 nitrogen and oxygen atoms in total. The van der Waals surface area contributed by atoms with Crippen LogP contribution in [0.25, 0.3) is 0 Å². The Labute approximate surface area is 299 Å². The number of methoxy groups -OCH3 is 1. The van der Waals surface area contributed by atoms with Crippen molar-refractivity contribution in [3.63, 3.8) is 0 Å². The third-order valence-electron chi connectivity index (χ3n) is 7.32. The number of rotatable bonds is 16. The number of esters is 2. The van der Waals surface area contributed by atoms with Crippen molar-refractivity contribution in [2.24, 2.45) is 0 Å². The van der Waals surface area contributed by atoms with Gasteiger partial charge in [0.05, 0.1) is 13.7 Å². The number of thioether (sulfide) groups is 1. The molecule has 264 valence electrons. The van der Waals surface area contributed by atoms with Crippen LogP contribution in [0.5, 0.6) is 0 Å². The van der Waals surface area contributed by atoms with E-state index in [1.54, 1.807) is 67.8 Å². The largest absolute Gasteiger partial charge is 0.467 e. The molecule has 0 unspecified atom stereocenters. The van der Waals surface area contributed by atoms with E-state index in [2.05, 4.69) is 31.2 Å². The molecule has 0 aliphatic carbocycles. The van der Waals surface area contributed by atoms with Gasteiger partial charge in [-0.05, 0) is 36.4 Å². The molecule has 0 fully saturated rings. The van der Waals surface area contributed by atoms with E-state index in [9.17, 15) is 24.0 Å². The molecule has 51 heavy (non-hydrogen) atoms. The number of ether oxygens (including phenoxy) is 2. The average molecular weight is 711 g/mol. The molecule has 0 spiro atoms. The highest BCUT2D eigenvalue weighted by Crippen LogP contribution is 2.18. The van der Waals surface area contributed by atoms with Crippen LogP contribution < -0.4 is 21.3 Å². The number of hydrogen-bond donors (Lipinski definition) is 4. The van der Waals surface area contributed by atoms with Crippen molar-refractivity contribution in [3.05, 3.63) is 131 Å². The first-order valence-corrected chi connectivity index (χ1v) is 17.1. The molecule has 4 aromatic rings. The Kier molecular flexibility index (Phi) is 14.3. The van der Waals surface area contributed by atoms with Gasteiger partial charge in [0.15, 0.2) is 5.16 Å². The number of aromatic nitrogens is 2. The molecule has 2 atom stereocenters. The van der Waals surface area contributed by atoms with Gasteiger partial charge in [-0.3, -0.25) is 14.4 Å². The summed E-state index contributed by atoms with van der Waals surface area (Å²) in [5, 5.41) is 11.2. The van der Waals surface area contributed by atoms with Gasteiger partial charge >= 0.3 is 11.9 Å². The molecule has 3 amide bonds. The highest BCUT2D eigenvalue weighted by atomic mass is 32.2. The molecule has 0 saturated carbocycles. The first kappa shape index (κ1) is 37.8. The lowest BCUT2D eigenvalue weighted by Gasteiger charge is -2.23. The zero-order valence-electron chi connectivity index (χ0n) is 28.3. The molecular weight excluding hydrogens is 673 g/mol. The van der Waals surface area contributed by atoms with Crippen LogP contribution in [0, 0.1) is 0 Å². The fraction of sp³-hybridized carbons (Fsp3) is 0.216. The maximum absolute atomic E-state index is 14.0. The van der Waals surface area contributed by atoms with Gasteiger partial charge in [-0.25, -0.2) is 19.6 Å². The van der Waals surface area contributed by atoms with E-state index in [1.807, 2.05) is 36.4 Å². The molecule has 1 aromatic heterocycles.